The van der Waals surface area contributed by atoms with E-state index >= 15 is 0 Å². The van der Waals surface area contributed by atoms with Gasteiger partial charge in [0.25, 0.3) is 17.7 Å². The number of benzene rings is 3. The minimum absolute atomic E-state index is 0.0812. The highest BCUT2D eigenvalue weighted by molar-refractivity contribution is 6.40. The van der Waals surface area contributed by atoms with Crippen LogP contribution in [0.2, 0.25) is 5.02 Å². The maximum Gasteiger partial charge on any atom is 0.266 e. The van der Waals surface area contributed by atoms with E-state index in [2.05, 4.69) is 5.32 Å². The van der Waals surface area contributed by atoms with Crippen LogP contribution in [-0.2, 0) is 0 Å². The molecular weight excluding hydrogens is 416 g/mol. The van der Waals surface area contributed by atoms with Crippen LogP contribution in [0.5, 0.6) is 5.75 Å². The minimum Gasteiger partial charge on any atom is -0.490 e. The van der Waals surface area contributed by atoms with Crippen molar-refractivity contribution in [2.45, 2.75) is 20.0 Å². The summed E-state index contributed by atoms with van der Waals surface area (Å²) < 4.78 is 5.70. The summed E-state index contributed by atoms with van der Waals surface area (Å²) in [6.45, 7) is 3.76. The number of amides is 3. The largest absolute Gasteiger partial charge is 0.490 e. The molecule has 0 atom stereocenters. The van der Waals surface area contributed by atoms with Crippen LogP contribution in [0.1, 0.15) is 44.9 Å². The van der Waals surface area contributed by atoms with Crippen molar-refractivity contribution in [1.29, 1.82) is 0 Å². The normalized spacial score (nSPS) is 12.8. The number of nitrogens with zero attached hydrogens (tertiary/aromatic N) is 1. The Kier molecular flexibility index (Phi) is 5.48. The molecule has 0 saturated heterocycles. The van der Waals surface area contributed by atoms with Gasteiger partial charge in [-0.2, -0.15) is 0 Å². The number of ether oxygens (including phenoxy) is 1. The Morgan fingerprint density at radius 2 is 1.55 bits per heavy atom. The predicted molar refractivity (Wildman–Crippen MR) is 119 cm³/mol. The molecule has 31 heavy (non-hydrogen) atoms. The van der Waals surface area contributed by atoms with Crippen LogP contribution < -0.4 is 15.0 Å². The average Bonchev–Trinajstić information content (AvgIpc) is 2.99. The fraction of sp³-hybridized carbons (Fsp3) is 0.125. The molecule has 0 unspecified atom stereocenters. The molecule has 3 aromatic carbocycles. The number of halogens is 1. The first-order chi connectivity index (χ1) is 14.9. The van der Waals surface area contributed by atoms with E-state index in [-0.39, 0.29) is 22.7 Å². The Morgan fingerprint density at radius 1 is 0.935 bits per heavy atom. The van der Waals surface area contributed by atoms with Gasteiger partial charge in [0.2, 0.25) is 0 Å². The average molecular weight is 435 g/mol. The molecule has 0 saturated carbocycles. The fourth-order valence-corrected chi connectivity index (χ4v) is 3.65. The van der Waals surface area contributed by atoms with Gasteiger partial charge in [-0.3, -0.25) is 14.4 Å². The topological polar surface area (TPSA) is 75.7 Å². The van der Waals surface area contributed by atoms with Crippen molar-refractivity contribution in [1.82, 2.24) is 0 Å². The zero-order valence-electron chi connectivity index (χ0n) is 16.9. The van der Waals surface area contributed by atoms with E-state index in [0.717, 1.165) is 4.90 Å². The number of fused-ring (bicyclic) bond motifs is 1. The van der Waals surface area contributed by atoms with E-state index in [9.17, 15) is 14.4 Å². The van der Waals surface area contributed by atoms with Crippen LogP contribution in [-0.4, -0.2) is 23.8 Å². The van der Waals surface area contributed by atoms with Gasteiger partial charge in [0.05, 0.1) is 33.5 Å². The first kappa shape index (κ1) is 20.6. The van der Waals surface area contributed by atoms with E-state index in [0.29, 0.717) is 28.1 Å². The highest BCUT2D eigenvalue weighted by Gasteiger charge is 2.37. The summed E-state index contributed by atoms with van der Waals surface area (Å²) >= 11 is 6.39. The van der Waals surface area contributed by atoms with Gasteiger partial charge in [-0.05, 0) is 56.3 Å². The summed E-state index contributed by atoms with van der Waals surface area (Å²) in [6, 6.07) is 18.2. The summed E-state index contributed by atoms with van der Waals surface area (Å²) in [7, 11) is 0. The van der Waals surface area contributed by atoms with Crippen LogP contribution in [0.3, 0.4) is 0 Å². The number of para-hydroxylation sites is 1. The van der Waals surface area contributed by atoms with Gasteiger partial charge >= 0.3 is 0 Å². The lowest BCUT2D eigenvalue weighted by molar-refractivity contribution is 0.0924. The number of carbonyl (C=O) groups excluding carboxylic acids is 3. The van der Waals surface area contributed by atoms with Crippen LogP contribution >= 0.6 is 11.6 Å². The van der Waals surface area contributed by atoms with E-state index in [1.807, 2.05) is 13.8 Å². The molecule has 156 valence electrons. The molecule has 1 heterocycles. The van der Waals surface area contributed by atoms with Crippen molar-refractivity contribution in [2.24, 2.45) is 0 Å². The van der Waals surface area contributed by atoms with Crippen molar-refractivity contribution in [3.05, 3.63) is 88.4 Å². The Balaban J connectivity index is 1.58. The molecule has 0 aromatic heterocycles. The molecule has 0 bridgehead atoms. The van der Waals surface area contributed by atoms with E-state index < -0.39 is 11.8 Å². The van der Waals surface area contributed by atoms with Gasteiger partial charge in [0, 0.05) is 5.69 Å². The minimum atomic E-state index is -0.431. The second-order valence-corrected chi connectivity index (χ2v) is 7.68. The molecular formula is C24H19ClN2O4. The van der Waals surface area contributed by atoms with Gasteiger partial charge in [-0.15, -0.1) is 0 Å². The molecule has 0 fully saturated rings. The Hall–Kier alpha value is -3.64. The maximum atomic E-state index is 12.8. The Bertz CT molecular complexity index is 1170. The molecule has 0 spiro atoms. The van der Waals surface area contributed by atoms with Gasteiger partial charge in [-0.1, -0.05) is 35.9 Å². The van der Waals surface area contributed by atoms with E-state index in [1.54, 1.807) is 54.6 Å². The van der Waals surface area contributed by atoms with Crippen LogP contribution in [0.15, 0.2) is 66.7 Å². The van der Waals surface area contributed by atoms with Gasteiger partial charge < -0.3 is 10.1 Å². The lowest BCUT2D eigenvalue weighted by Gasteiger charge is -2.17. The number of hydrogen-bond donors (Lipinski definition) is 1. The quantitative estimate of drug-likeness (QED) is 0.561. The lowest BCUT2D eigenvalue weighted by atomic mass is 10.1. The summed E-state index contributed by atoms with van der Waals surface area (Å²) in [6.07, 6.45) is -0.0812. The number of rotatable bonds is 5. The second-order valence-electron chi connectivity index (χ2n) is 7.27. The molecule has 7 heteroatoms. The molecule has 3 aromatic rings. The molecule has 0 aliphatic carbocycles. The van der Waals surface area contributed by atoms with Crippen molar-refractivity contribution in [3.8, 4) is 5.75 Å². The van der Waals surface area contributed by atoms with Gasteiger partial charge in [-0.25, -0.2) is 4.90 Å². The summed E-state index contributed by atoms with van der Waals surface area (Å²) in [4.78, 5) is 39.2. The standard InChI is InChI=1S/C24H19ClN2O4/c1-14(2)31-21-10-6-5-9-18(21)22(28)26-15-11-12-20(19(25)13-15)27-23(29)16-7-3-4-8-17(16)24(27)30/h3-14H,1-2H3,(H,26,28). The number of anilines is 2. The first-order valence-corrected chi connectivity index (χ1v) is 10.1. The smallest absolute Gasteiger partial charge is 0.266 e. The monoisotopic (exact) mass is 434 g/mol. The fourth-order valence-electron chi connectivity index (χ4n) is 3.38. The molecule has 0 radical (unpaired) electrons. The third-order valence-electron chi connectivity index (χ3n) is 4.73. The highest BCUT2D eigenvalue weighted by Crippen LogP contribution is 2.35. The van der Waals surface area contributed by atoms with Crippen LogP contribution in [0, 0.1) is 0 Å². The Morgan fingerprint density at radius 3 is 2.16 bits per heavy atom. The number of carbonyl (C=O) groups is 3. The molecule has 1 aliphatic heterocycles. The molecule has 1 N–H and O–H groups in total. The van der Waals surface area contributed by atoms with Crippen LogP contribution in [0.25, 0.3) is 0 Å². The zero-order chi connectivity index (χ0) is 22.1. The zero-order valence-corrected chi connectivity index (χ0v) is 17.6. The number of hydrogen-bond acceptors (Lipinski definition) is 4. The lowest BCUT2D eigenvalue weighted by Crippen LogP contribution is -2.29. The van der Waals surface area contributed by atoms with Crippen molar-refractivity contribution >= 4 is 40.7 Å². The van der Waals surface area contributed by atoms with E-state index in [4.69, 9.17) is 16.3 Å². The van der Waals surface area contributed by atoms with E-state index in [1.165, 1.54) is 12.1 Å². The van der Waals surface area contributed by atoms with Crippen molar-refractivity contribution in [3.63, 3.8) is 0 Å². The second kappa shape index (κ2) is 8.24. The third-order valence-corrected chi connectivity index (χ3v) is 5.04. The third kappa shape index (κ3) is 3.90. The number of imide groups is 1. The highest BCUT2D eigenvalue weighted by atomic mass is 35.5. The van der Waals surface area contributed by atoms with Crippen molar-refractivity contribution in [2.75, 3.05) is 10.2 Å². The van der Waals surface area contributed by atoms with Gasteiger partial charge in [0.1, 0.15) is 5.75 Å². The summed E-state index contributed by atoms with van der Waals surface area (Å²) in [5, 5.41) is 2.94. The Labute approximate surface area is 184 Å². The molecule has 1 aliphatic rings. The summed E-state index contributed by atoms with van der Waals surface area (Å²) in [5.41, 5.74) is 1.74. The molecule has 4 rings (SSSR count). The van der Waals surface area contributed by atoms with Crippen LogP contribution in [0.4, 0.5) is 11.4 Å². The first-order valence-electron chi connectivity index (χ1n) is 9.71. The summed E-state index contributed by atoms with van der Waals surface area (Å²) in [5.74, 6) is -0.748. The molecule has 6 nitrogen and oxygen atoms in total. The molecule has 3 amide bonds. The maximum absolute atomic E-state index is 12.8. The SMILES string of the molecule is CC(C)Oc1ccccc1C(=O)Nc1ccc(N2C(=O)c3ccccc3C2=O)c(Cl)c1. The predicted octanol–water partition coefficient (Wildman–Crippen LogP) is 5.18. The van der Waals surface area contributed by atoms with Crippen molar-refractivity contribution < 1.29 is 19.1 Å². The number of nitrogens with one attached hydrogen (secondary N) is 1. The van der Waals surface area contributed by atoms with Gasteiger partial charge in [0.15, 0.2) is 0 Å².